The Bertz CT molecular complexity index is 1120. The maximum atomic E-state index is 15.5. The number of ether oxygens (including phenoxy) is 1. The largest absolute Gasteiger partial charge is 0.497 e. The van der Waals surface area contributed by atoms with Crippen molar-refractivity contribution < 1.29 is 19.0 Å². The third-order valence-electron chi connectivity index (χ3n) is 7.60. The number of likely N-dealkylation sites (tertiary alicyclic amines) is 1. The molecule has 5 nitrogen and oxygen atoms in total. The standard InChI is InChI=1S/C30H37FN2O3/c1-36-25-11-13-29-27(20-25)26(15-17-32-29)28(31)12-9-23-16-19-33(21-24(23)10-14-30(34)35)18-5-8-22-6-3-2-4-7-22/h2-4,6-7,11,13,15,17,20,23-24,28H,5,8-10,12,14,16,18-19,21H2,1H3,(H,34,35)/t23-,24-,28-/m1/s1. The van der Waals surface area contributed by atoms with Crippen LogP contribution in [0, 0.1) is 11.8 Å². The van der Waals surface area contributed by atoms with E-state index in [-0.39, 0.29) is 12.3 Å². The molecule has 0 radical (unpaired) electrons. The van der Waals surface area contributed by atoms with E-state index in [1.165, 1.54) is 5.56 Å². The summed E-state index contributed by atoms with van der Waals surface area (Å²) in [6, 6.07) is 17.8. The number of carboxylic acids is 1. The molecule has 1 N–H and O–H groups in total. The van der Waals surface area contributed by atoms with Crippen LogP contribution in [0.3, 0.4) is 0 Å². The summed E-state index contributed by atoms with van der Waals surface area (Å²) in [7, 11) is 1.61. The lowest BCUT2D eigenvalue weighted by atomic mass is 9.79. The number of methoxy groups -OCH3 is 1. The van der Waals surface area contributed by atoms with Gasteiger partial charge in [0.05, 0.1) is 12.6 Å². The van der Waals surface area contributed by atoms with Crippen molar-refractivity contribution in [2.24, 2.45) is 11.8 Å². The number of nitrogens with zero attached hydrogens (tertiary/aromatic N) is 2. The molecule has 6 heteroatoms. The first kappa shape index (κ1) is 26.1. The van der Waals surface area contributed by atoms with Gasteiger partial charge in [0.15, 0.2) is 0 Å². The fourth-order valence-corrected chi connectivity index (χ4v) is 5.59. The highest BCUT2D eigenvalue weighted by atomic mass is 19.1. The Balaban J connectivity index is 1.35. The molecule has 2 heterocycles. The van der Waals surface area contributed by atoms with E-state index in [1.54, 1.807) is 19.4 Å². The van der Waals surface area contributed by atoms with Gasteiger partial charge in [-0.1, -0.05) is 30.3 Å². The van der Waals surface area contributed by atoms with E-state index < -0.39 is 12.1 Å². The van der Waals surface area contributed by atoms with Crippen LogP contribution in [-0.2, 0) is 11.2 Å². The first-order chi connectivity index (χ1) is 17.5. The van der Waals surface area contributed by atoms with Gasteiger partial charge in [-0.3, -0.25) is 9.78 Å². The van der Waals surface area contributed by atoms with Gasteiger partial charge in [0, 0.05) is 24.5 Å². The molecule has 0 amide bonds. The van der Waals surface area contributed by atoms with Crippen LogP contribution >= 0.6 is 0 Å². The molecule has 1 aliphatic heterocycles. The molecular weight excluding hydrogens is 455 g/mol. The van der Waals surface area contributed by atoms with Gasteiger partial charge in [-0.05, 0) is 98.8 Å². The normalized spacial score (nSPS) is 19.3. The lowest BCUT2D eigenvalue weighted by Crippen LogP contribution is -2.41. The Labute approximate surface area is 213 Å². The molecule has 192 valence electrons. The van der Waals surface area contributed by atoms with Crippen molar-refractivity contribution in [1.29, 1.82) is 0 Å². The lowest BCUT2D eigenvalue weighted by molar-refractivity contribution is -0.137. The number of rotatable bonds is 12. The minimum Gasteiger partial charge on any atom is -0.497 e. The number of pyridine rings is 1. The van der Waals surface area contributed by atoms with E-state index in [4.69, 9.17) is 4.74 Å². The second kappa shape index (κ2) is 12.8. The lowest BCUT2D eigenvalue weighted by Gasteiger charge is -2.39. The van der Waals surface area contributed by atoms with E-state index in [0.29, 0.717) is 30.1 Å². The van der Waals surface area contributed by atoms with Crippen molar-refractivity contribution in [3.63, 3.8) is 0 Å². The number of fused-ring (bicyclic) bond motifs is 1. The van der Waals surface area contributed by atoms with Crippen molar-refractivity contribution in [3.8, 4) is 5.75 Å². The maximum absolute atomic E-state index is 15.5. The number of aromatic nitrogens is 1. The quantitative estimate of drug-likeness (QED) is 0.314. The van der Waals surface area contributed by atoms with Gasteiger partial charge >= 0.3 is 5.97 Å². The molecule has 4 rings (SSSR count). The molecule has 36 heavy (non-hydrogen) atoms. The van der Waals surface area contributed by atoms with Gasteiger partial charge in [-0.2, -0.15) is 0 Å². The monoisotopic (exact) mass is 492 g/mol. The Morgan fingerprint density at radius 3 is 2.78 bits per heavy atom. The Morgan fingerprint density at radius 2 is 2.00 bits per heavy atom. The zero-order valence-electron chi connectivity index (χ0n) is 21.1. The average Bonchev–Trinajstić information content (AvgIpc) is 2.91. The molecule has 0 unspecified atom stereocenters. The number of alkyl halides is 1. The molecule has 0 saturated carbocycles. The zero-order valence-corrected chi connectivity index (χ0v) is 21.1. The van der Waals surface area contributed by atoms with Crippen LogP contribution in [0.4, 0.5) is 4.39 Å². The molecule has 0 aliphatic carbocycles. The predicted octanol–water partition coefficient (Wildman–Crippen LogP) is 6.47. The Hall–Kier alpha value is -2.99. The van der Waals surface area contributed by atoms with E-state index in [0.717, 1.165) is 56.2 Å². The van der Waals surface area contributed by atoms with Crippen molar-refractivity contribution in [1.82, 2.24) is 9.88 Å². The highest BCUT2D eigenvalue weighted by Crippen LogP contribution is 2.36. The van der Waals surface area contributed by atoms with E-state index in [9.17, 15) is 9.90 Å². The molecule has 1 aromatic heterocycles. The first-order valence-electron chi connectivity index (χ1n) is 13.1. The summed E-state index contributed by atoms with van der Waals surface area (Å²) in [4.78, 5) is 18.1. The maximum Gasteiger partial charge on any atom is 0.303 e. The fraction of sp³-hybridized carbons (Fsp3) is 0.467. The van der Waals surface area contributed by atoms with E-state index in [2.05, 4.69) is 34.1 Å². The fourth-order valence-electron chi connectivity index (χ4n) is 5.59. The summed E-state index contributed by atoms with van der Waals surface area (Å²) in [5.74, 6) is 0.566. The third-order valence-corrected chi connectivity index (χ3v) is 7.60. The zero-order chi connectivity index (χ0) is 25.3. The molecule has 3 atom stereocenters. The molecule has 1 fully saturated rings. The number of hydrogen-bond donors (Lipinski definition) is 1. The number of benzene rings is 2. The van der Waals surface area contributed by atoms with Crippen LogP contribution in [0.2, 0.25) is 0 Å². The highest BCUT2D eigenvalue weighted by Gasteiger charge is 2.30. The third kappa shape index (κ3) is 7.03. The van der Waals surface area contributed by atoms with Crippen molar-refractivity contribution in [2.45, 2.75) is 51.1 Å². The number of carbonyl (C=O) groups is 1. The van der Waals surface area contributed by atoms with Crippen LogP contribution in [0.1, 0.15) is 55.8 Å². The number of halogens is 1. The second-order valence-corrected chi connectivity index (χ2v) is 9.96. The van der Waals surface area contributed by atoms with Gasteiger partial charge in [0.25, 0.3) is 0 Å². The Morgan fingerprint density at radius 1 is 1.17 bits per heavy atom. The molecule has 1 saturated heterocycles. The van der Waals surface area contributed by atoms with Gasteiger partial charge < -0.3 is 14.7 Å². The minimum atomic E-state index is -1.09. The number of piperidine rings is 1. The number of hydrogen-bond acceptors (Lipinski definition) is 4. The van der Waals surface area contributed by atoms with Crippen LogP contribution in [0.5, 0.6) is 5.75 Å². The second-order valence-electron chi connectivity index (χ2n) is 9.96. The van der Waals surface area contributed by atoms with E-state index >= 15 is 4.39 Å². The minimum absolute atomic E-state index is 0.173. The van der Waals surface area contributed by atoms with Crippen molar-refractivity contribution in [3.05, 3.63) is 71.9 Å². The molecule has 3 aromatic rings. The SMILES string of the molecule is COc1ccc2nccc([C@H](F)CC[C@@H]3CCN(CCCc4ccccc4)C[C@H]3CCC(=O)O)c2c1. The number of carboxylic acid groups (broad SMARTS) is 1. The molecule has 2 aromatic carbocycles. The molecule has 1 aliphatic rings. The summed E-state index contributed by atoms with van der Waals surface area (Å²) in [5.41, 5.74) is 2.77. The van der Waals surface area contributed by atoms with Crippen LogP contribution in [0.15, 0.2) is 60.8 Å². The topological polar surface area (TPSA) is 62.7 Å². The summed E-state index contributed by atoms with van der Waals surface area (Å²) < 4.78 is 20.9. The number of aryl methyl sites for hydroxylation is 1. The molecule has 0 bridgehead atoms. The van der Waals surface area contributed by atoms with Crippen molar-refractivity contribution in [2.75, 3.05) is 26.7 Å². The number of aliphatic carboxylic acids is 1. The average molecular weight is 493 g/mol. The predicted molar refractivity (Wildman–Crippen MR) is 141 cm³/mol. The van der Waals surface area contributed by atoms with Crippen molar-refractivity contribution >= 4 is 16.9 Å². The molecule has 0 spiro atoms. The molecular formula is C30H37FN2O3. The summed E-state index contributed by atoms with van der Waals surface area (Å²) in [6.07, 6.45) is 5.73. The van der Waals surface area contributed by atoms with E-state index in [1.807, 2.05) is 24.3 Å². The van der Waals surface area contributed by atoms with Gasteiger partial charge in [0.2, 0.25) is 0 Å². The van der Waals surface area contributed by atoms with Gasteiger partial charge in [-0.25, -0.2) is 4.39 Å². The first-order valence-corrected chi connectivity index (χ1v) is 13.1. The van der Waals surface area contributed by atoms with Crippen LogP contribution in [-0.4, -0.2) is 47.7 Å². The van der Waals surface area contributed by atoms with Gasteiger partial charge in [0.1, 0.15) is 11.9 Å². The van der Waals surface area contributed by atoms with Crippen LogP contribution < -0.4 is 4.74 Å². The van der Waals surface area contributed by atoms with Gasteiger partial charge in [-0.15, -0.1) is 0 Å². The summed E-state index contributed by atoms with van der Waals surface area (Å²) >= 11 is 0. The summed E-state index contributed by atoms with van der Waals surface area (Å²) in [6.45, 7) is 2.91. The van der Waals surface area contributed by atoms with Crippen LogP contribution in [0.25, 0.3) is 10.9 Å². The Kier molecular flexibility index (Phi) is 9.29. The smallest absolute Gasteiger partial charge is 0.303 e. The highest BCUT2D eigenvalue weighted by molar-refractivity contribution is 5.83. The summed E-state index contributed by atoms with van der Waals surface area (Å²) in [5, 5.41) is 10.1.